The summed E-state index contributed by atoms with van der Waals surface area (Å²) in [5, 5.41) is 9.18. The van der Waals surface area contributed by atoms with Crippen LogP contribution in [0.15, 0.2) is 12.3 Å². The third-order valence-corrected chi connectivity index (χ3v) is 2.82. The minimum atomic E-state index is -2.25. The molecule has 0 saturated heterocycles. The topological polar surface area (TPSA) is 42.4 Å². The van der Waals surface area contributed by atoms with Crippen molar-refractivity contribution in [3.63, 3.8) is 0 Å². The lowest BCUT2D eigenvalue weighted by Crippen LogP contribution is -2.06. The summed E-state index contributed by atoms with van der Waals surface area (Å²) in [6.45, 7) is -0.701. The molecule has 112 valence electrons. The fourth-order valence-corrected chi connectivity index (χ4v) is 1.78. The zero-order chi connectivity index (χ0) is 15.7. The molecule has 2 aromatic rings. The SMILES string of the molecule is COc1cc(CO)c(-c2c(F)c(F)c(F)c(F)c2F)cn1. The average Bonchev–Trinajstić information content (AvgIpc) is 2.51. The Morgan fingerprint density at radius 3 is 2.00 bits per heavy atom. The number of ether oxygens (including phenoxy) is 1. The lowest BCUT2D eigenvalue weighted by Gasteiger charge is -2.12. The number of hydrogen-bond acceptors (Lipinski definition) is 3. The van der Waals surface area contributed by atoms with Gasteiger partial charge in [-0.3, -0.25) is 0 Å². The predicted molar refractivity (Wildman–Crippen MR) is 61.9 cm³/mol. The lowest BCUT2D eigenvalue weighted by molar-refractivity contribution is 0.281. The second kappa shape index (κ2) is 5.65. The van der Waals surface area contributed by atoms with E-state index < -0.39 is 46.8 Å². The summed E-state index contributed by atoms with van der Waals surface area (Å²) < 4.78 is 71.6. The normalized spacial score (nSPS) is 10.8. The van der Waals surface area contributed by atoms with Crippen molar-refractivity contribution in [1.82, 2.24) is 4.98 Å². The maximum absolute atomic E-state index is 13.7. The fourth-order valence-electron chi connectivity index (χ4n) is 1.78. The molecule has 0 amide bonds. The molecular weight excluding hydrogens is 297 g/mol. The minimum absolute atomic E-state index is 0.0201. The summed E-state index contributed by atoms with van der Waals surface area (Å²) in [5.74, 6) is -10.3. The van der Waals surface area contributed by atoms with Gasteiger partial charge in [0.1, 0.15) is 0 Å². The second-order valence-corrected chi connectivity index (χ2v) is 3.99. The maximum atomic E-state index is 13.7. The van der Waals surface area contributed by atoms with Gasteiger partial charge in [0, 0.05) is 17.8 Å². The van der Waals surface area contributed by atoms with E-state index in [0.717, 1.165) is 12.3 Å². The third-order valence-electron chi connectivity index (χ3n) is 2.82. The van der Waals surface area contributed by atoms with Crippen molar-refractivity contribution >= 4 is 0 Å². The fraction of sp³-hybridized carbons (Fsp3) is 0.154. The Labute approximate surface area is 115 Å². The van der Waals surface area contributed by atoms with Gasteiger partial charge < -0.3 is 9.84 Å². The summed E-state index contributed by atoms with van der Waals surface area (Å²) in [7, 11) is 1.27. The van der Waals surface area contributed by atoms with Crippen LogP contribution >= 0.6 is 0 Å². The van der Waals surface area contributed by atoms with E-state index in [1.807, 2.05) is 0 Å². The van der Waals surface area contributed by atoms with Crippen molar-refractivity contribution in [2.75, 3.05) is 7.11 Å². The minimum Gasteiger partial charge on any atom is -0.481 e. The van der Waals surface area contributed by atoms with Gasteiger partial charge in [-0.15, -0.1) is 0 Å². The van der Waals surface area contributed by atoms with Crippen molar-refractivity contribution in [3.8, 4) is 17.0 Å². The predicted octanol–water partition coefficient (Wildman–Crippen LogP) is 2.95. The zero-order valence-corrected chi connectivity index (χ0v) is 10.6. The quantitative estimate of drug-likeness (QED) is 0.538. The van der Waals surface area contributed by atoms with Gasteiger partial charge in [0.05, 0.1) is 19.3 Å². The number of hydrogen-bond donors (Lipinski definition) is 1. The molecule has 0 spiro atoms. The van der Waals surface area contributed by atoms with Crippen LogP contribution in [0.25, 0.3) is 11.1 Å². The van der Waals surface area contributed by atoms with Crippen LogP contribution in [0.4, 0.5) is 22.0 Å². The highest BCUT2D eigenvalue weighted by Crippen LogP contribution is 2.34. The van der Waals surface area contributed by atoms with Crippen molar-refractivity contribution < 1.29 is 31.8 Å². The summed E-state index contributed by atoms with van der Waals surface area (Å²) in [6, 6.07) is 1.13. The molecule has 0 aliphatic heterocycles. The van der Waals surface area contributed by atoms with Gasteiger partial charge in [-0.05, 0) is 5.56 Å². The first-order valence-electron chi connectivity index (χ1n) is 5.57. The van der Waals surface area contributed by atoms with E-state index in [-0.39, 0.29) is 11.4 Å². The molecule has 21 heavy (non-hydrogen) atoms. The molecule has 1 aromatic carbocycles. The Bertz CT molecular complexity index is 676. The van der Waals surface area contributed by atoms with E-state index in [0.29, 0.717) is 0 Å². The Hall–Kier alpha value is -2.22. The van der Waals surface area contributed by atoms with E-state index >= 15 is 0 Å². The van der Waals surface area contributed by atoms with Crippen LogP contribution in [-0.4, -0.2) is 17.2 Å². The van der Waals surface area contributed by atoms with E-state index in [2.05, 4.69) is 4.98 Å². The van der Waals surface area contributed by atoms with Crippen LogP contribution in [0.3, 0.4) is 0 Å². The zero-order valence-electron chi connectivity index (χ0n) is 10.6. The highest BCUT2D eigenvalue weighted by molar-refractivity contribution is 5.68. The summed E-state index contributed by atoms with van der Waals surface area (Å²) >= 11 is 0. The van der Waals surface area contributed by atoms with Crippen LogP contribution in [0.2, 0.25) is 0 Å². The summed E-state index contributed by atoms with van der Waals surface area (Å²) in [5.41, 5.74) is -1.65. The lowest BCUT2D eigenvalue weighted by atomic mass is 10.0. The molecule has 1 N–H and O–H groups in total. The molecule has 1 heterocycles. The van der Waals surface area contributed by atoms with Crippen LogP contribution < -0.4 is 4.74 Å². The smallest absolute Gasteiger partial charge is 0.213 e. The van der Waals surface area contributed by atoms with Gasteiger partial charge in [-0.1, -0.05) is 0 Å². The van der Waals surface area contributed by atoms with Crippen LogP contribution in [0.5, 0.6) is 5.88 Å². The van der Waals surface area contributed by atoms with Crippen molar-refractivity contribution in [2.24, 2.45) is 0 Å². The number of methoxy groups -OCH3 is 1. The number of pyridine rings is 1. The van der Waals surface area contributed by atoms with Gasteiger partial charge in [0.2, 0.25) is 11.7 Å². The number of nitrogens with zero attached hydrogens (tertiary/aromatic N) is 1. The van der Waals surface area contributed by atoms with Crippen LogP contribution in [-0.2, 0) is 6.61 Å². The number of aliphatic hydroxyl groups excluding tert-OH is 1. The van der Waals surface area contributed by atoms with Gasteiger partial charge in [-0.2, -0.15) is 0 Å². The Morgan fingerprint density at radius 2 is 1.52 bits per heavy atom. The van der Waals surface area contributed by atoms with E-state index in [1.54, 1.807) is 0 Å². The number of halogens is 5. The highest BCUT2D eigenvalue weighted by Gasteiger charge is 2.28. The largest absolute Gasteiger partial charge is 0.481 e. The molecule has 3 nitrogen and oxygen atoms in total. The summed E-state index contributed by atoms with van der Waals surface area (Å²) in [4.78, 5) is 3.64. The number of benzene rings is 1. The molecular formula is C13H8F5NO2. The molecule has 2 rings (SSSR count). The number of aromatic nitrogens is 1. The van der Waals surface area contributed by atoms with Crippen LogP contribution in [0, 0.1) is 29.1 Å². The van der Waals surface area contributed by atoms with Crippen molar-refractivity contribution in [2.45, 2.75) is 6.61 Å². The first kappa shape index (κ1) is 15.2. The highest BCUT2D eigenvalue weighted by atomic mass is 19.2. The molecule has 0 atom stereocenters. The molecule has 1 aromatic heterocycles. The molecule has 0 aliphatic rings. The second-order valence-electron chi connectivity index (χ2n) is 3.99. The van der Waals surface area contributed by atoms with Crippen molar-refractivity contribution in [1.29, 1.82) is 0 Å². The van der Waals surface area contributed by atoms with E-state index in [4.69, 9.17) is 4.74 Å². The van der Waals surface area contributed by atoms with Gasteiger partial charge >= 0.3 is 0 Å². The van der Waals surface area contributed by atoms with E-state index in [1.165, 1.54) is 7.11 Å². The van der Waals surface area contributed by atoms with Gasteiger partial charge in [0.25, 0.3) is 0 Å². The molecule has 0 radical (unpaired) electrons. The molecule has 0 aliphatic carbocycles. The molecule has 0 saturated carbocycles. The number of aliphatic hydroxyl groups is 1. The van der Waals surface area contributed by atoms with Crippen LogP contribution in [0.1, 0.15) is 5.56 Å². The van der Waals surface area contributed by atoms with Gasteiger partial charge in [-0.25, -0.2) is 26.9 Å². The Kier molecular flexibility index (Phi) is 4.08. The Balaban J connectivity index is 2.79. The van der Waals surface area contributed by atoms with Gasteiger partial charge in [0.15, 0.2) is 23.3 Å². The first-order valence-corrected chi connectivity index (χ1v) is 5.57. The number of rotatable bonds is 3. The molecule has 0 bridgehead atoms. The maximum Gasteiger partial charge on any atom is 0.213 e. The Morgan fingerprint density at radius 1 is 1.00 bits per heavy atom. The monoisotopic (exact) mass is 305 g/mol. The molecule has 8 heteroatoms. The standard InChI is InChI=1S/C13H8F5NO2/c1-21-7-2-5(4-20)6(3-19-7)8-9(14)11(16)13(18)12(17)10(8)15/h2-3,20H,4H2,1H3. The van der Waals surface area contributed by atoms with Crippen molar-refractivity contribution in [3.05, 3.63) is 46.9 Å². The molecule has 0 unspecified atom stereocenters. The van der Waals surface area contributed by atoms with E-state index in [9.17, 15) is 27.1 Å². The first-order chi connectivity index (χ1) is 9.92. The molecule has 0 fully saturated rings. The average molecular weight is 305 g/mol. The third kappa shape index (κ3) is 2.42. The summed E-state index contributed by atoms with van der Waals surface area (Å²) in [6.07, 6.45) is 0.864.